The van der Waals surface area contributed by atoms with Crippen LogP contribution in [0.3, 0.4) is 0 Å². The van der Waals surface area contributed by atoms with Crippen molar-refractivity contribution in [3.63, 3.8) is 0 Å². The van der Waals surface area contributed by atoms with E-state index >= 15 is 0 Å². The summed E-state index contributed by atoms with van der Waals surface area (Å²) in [5.41, 5.74) is 3.18. The van der Waals surface area contributed by atoms with Crippen molar-refractivity contribution in [3.05, 3.63) is 137 Å². The molecule has 0 aromatic heterocycles. The molecule has 7 unspecified atom stereocenters. The Hall–Kier alpha value is -5.86. The number of amides is 1. The standard InChI is InChI=1S/C54H63N3O10/c1-3-28-56(50(60)27-20-37-18-22-41(23-19-37)57(61)62)49-36-47(55-67-51-17-9-12-32-63-51)45-34-40(15-7-10-29-58)44(16-8-11-30-59)52-46-35-43(65-42-24-21-38-13-5-6-14-39(38)33-42)25-26-48(46)66-54(49,53(45)52)64-31-4-2/h4-6,13-14,18-27,33-35,40,44,49,51-53,58-59H,2-3,7-12,15-17,28-32,36H2,1H3. The van der Waals surface area contributed by atoms with Gasteiger partial charge in [-0.05, 0) is 127 Å². The van der Waals surface area contributed by atoms with Crippen LogP contribution in [0.25, 0.3) is 16.8 Å². The Bertz CT molecular complexity index is 2450. The highest BCUT2D eigenvalue weighted by Crippen LogP contribution is 2.62. The largest absolute Gasteiger partial charge is 0.459 e. The second-order valence-corrected chi connectivity index (χ2v) is 18.0. The van der Waals surface area contributed by atoms with Gasteiger partial charge in [0.25, 0.3) is 5.69 Å². The van der Waals surface area contributed by atoms with Crippen molar-refractivity contribution in [1.82, 2.24) is 4.90 Å². The van der Waals surface area contributed by atoms with Crippen molar-refractivity contribution in [3.8, 4) is 17.2 Å². The molecule has 4 aromatic rings. The van der Waals surface area contributed by atoms with E-state index in [0.29, 0.717) is 67.4 Å². The van der Waals surface area contributed by atoms with Crippen molar-refractivity contribution in [2.75, 3.05) is 33.0 Å². The normalized spacial score (nSPS) is 24.9. The van der Waals surface area contributed by atoms with E-state index < -0.39 is 29.0 Å². The third-order valence-corrected chi connectivity index (χ3v) is 13.7. The average molecular weight is 914 g/mol. The number of hydrogen-bond donors (Lipinski definition) is 2. The summed E-state index contributed by atoms with van der Waals surface area (Å²) >= 11 is 0. The lowest BCUT2D eigenvalue weighted by Gasteiger charge is -2.60. The van der Waals surface area contributed by atoms with Crippen molar-refractivity contribution in [2.45, 2.75) is 102 Å². The minimum Gasteiger partial charge on any atom is -0.459 e. The first-order chi connectivity index (χ1) is 32.8. The summed E-state index contributed by atoms with van der Waals surface area (Å²) in [6, 6.07) is 25.6. The molecular weight excluding hydrogens is 851 g/mol. The van der Waals surface area contributed by atoms with Crippen LogP contribution in [-0.2, 0) is 19.1 Å². The molecule has 0 bridgehead atoms. The number of allylic oxidation sites excluding steroid dienone is 1. The molecule has 1 saturated heterocycles. The molecule has 7 atom stereocenters. The number of ether oxygens (including phenoxy) is 4. The van der Waals surface area contributed by atoms with Crippen LogP contribution in [0, 0.1) is 27.9 Å². The lowest BCUT2D eigenvalue weighted by molar-refractivity contribution is -0.384. The molecule has 2 aliphatic carbocycles. The summed E-state index contributed by atoms with van der Waals surface area (Å²) in [5.74, 6) is -0.381. The SMILES string of the molecule is C=CCOC12Oc3ccc(Oc4ccc5ccccc5c4)cc3C3C(CCCCO)C(CCCCO)C=C(C(=NOC4CCCCO4)CC1N(CCC)C(=O)C=Cc1ccc([N+](=O)[O-])cc1)C32. The van der Waals surface area contributed by atoms with E-state index in [0.717, 1.165) is 60.4 Å². The first-order valence-corrected chi connectivity index (χ1v) is 24.0. The number of hydrogen-bond acceptors (Lipinski definition) is 11. The number of oxime groups is 1. The molecular formula is C54H63N3O10. The molecule has 354 valence electrons. The van der Waals surface area contributed by atoms with Crippen LogP contribution >= 0.6 is 0 Å². The summed E-state index contributed by atoms with van der Waals surface area (Å²) in [6.45, 7) is 7.33. The average Bonchev–Trinajstić information content (AvgIpc) is 3.35. The number of carbonyl (C=O) groups excluding carboxylic acids is 1. The Morgan fingerprint density at radius 1 is 0.970 bits per heavy atom. The highest BCUT2D eigenvalue weighted by molar-refractivity contribution is 6.03. The van der Waals surface area contributed by atoms with Gasteiger partial charge in [0.1, 0.15) is 23.3 Å². The van der Waals surface area contributed by atoms with Crippen LogP contribution in [0.1, 0.15) is 94.6 Å². The molecule has 1 amide bonds. The van der Waals surface area contributed by atoms with Crippen molar-refractivity contribution >= 4 is 34.2 Å². The number of aliphatic hydroxyl groups excluding tert-OH is 2. The number of fused-ring (bicyclic) bond motifs is 3. The monoisotopic (exact) mass is 913 g/mol. The first-order valence-electron chi connectivity index (χ1n) is 24.0. The zero-order chi connectivity index (χ0) is 46.8. The number of non-ortho nitro benzene ring substituents is 1. The van der Waals surface area contributed by atoms with Gasteiger partial charge in [-0.15, -0.1) is 6.58 Å². The highest BCUT2D eigenvalue weighted by atomic mass is 16.8. The minimum atomic E-state index is -1.43. The predicted molar refractivity (Wildman–Crippen MR) is 258 cm³/mol. The number of benzene rings is 4. The van der Waals surface area contributed by atoms with Gasteiger partial charge >= 0.3 is 0 Å². The molecule has 4 aliphatic rings. The van der Waals surface area contributed by atoms with Crippen LogP contribution in [0.4, 0.5) is 5.69 Å². The molecule has 4 aromatic carbocycles. The minimum absolute atomic E-state index is 0.0317. The van der Waals surface area contributed by atoms with Crippen molar-refractivity contribution < 1.29 is 43.7 Å². The molecule has 2 aliphatic heterocycles. The van der Waals surface area contributed by atoms with E-state index in [1.54, 1.807) is 24.3 Å². The van der Waals surface area contributed by atoms with Crippen LogP contribution < -0.4 is 9.47 Å². The molecule has 1 saturated carbocycles. The Morgan fingerprint density at radius 2 is 1.73 bits per heavy atom. The number of rotatable bonds is 21. The van der Waals surface area contributed by atoms with E-state index in [-0.39, 0.29) is 55.6 Å². The fraction of sp³-hybridized carbons (Fsp3) is 0.444. The predicted octanol–water partition coefficient (Wildman–Crippen LogP) is 10.7. The van der Waals surface area contributed by atoms with Gasteiger partial charge in [-0.1, -0.05) is 67.4 Å². The quantitative estimate of drug-likeness (QED) is 0.0270. The third-order valence-electron chi connectivity index (χ3n) is 13.7. The highest BCUT2D eigenvalue weighted by Gasteiger charge is 2.65. The van der Waals surface area contributed by atoms with Crippen LogP contribution in [0.5, 0.6) is 17.2 Å². The molecule has 0 radical (unpaired) electrons. The zero-order valence-corrected chi connectivity index (χ0v) is 38.4. The van der Waals surface area contributed by atoms with Gasteiger partial charge in [-0.3, -0.25) is 14.9 Å². The Kier molecular flexibility index (Phi) is 15.8. The molecule has 2 fully saturated rings. The van der Waals surface area contributed by atoms with Gasteiger partial charge in [0.2, 0.25) is 18.0 Å². The van der Waals surface area contributed by atoms with Gasteiger partial charge in [0.05, 0.1) is 29.8 Å². The zero-order valence-electron chi connectivity index (χ0n) is 38.4. The van der Waals surface area contributed by atoms with E-state index in [2.05, 4.69) is 36.9 Å². The first kappa shape index (κ1) is 47.6. The Balaban J connectivity index is 1.29. The van der Waals surface area contributed by atoms with E-state index in [1.807, 2.05) is 48.2 Å². The molecule has 0 spiro atoms. The summed E-state index contributed by atoms with van der Waals surface area (Å²) in [7, 11) is 0. The fourth-order valence-electron chi connectivity index (χ4n) is 10.6. The number of nitro benzene ring substituents is 1. The van der Waals surface area contributed by atoms with Gasteiger partial charge in [-0.2, -0.15) is 0 Å². The number of unbranched alkanes of at least 4 members (excludes halogenated alkanes) is 2. The maximum Gasteiger partial charge on any atom is 0.269 e. The van der Waals surface area contributed by atoms with E-state index in [4.69, 9.17) is 28.9 Å². The van der Waals surface area contributed by atoms with Gasteiger partial charge in [0, 0.05) is 62.3 Å². The van der Waals surface area contributed by atoms with E-state index in [1.165, 1.54) is 18.2 Å². The molecule has 13 heteroatoms. The number of carbonyl (C=O) groups is 1. The number of nitrogens with zero attached hydrogens (tertiary/aromatic N) is 3. The van der Waals surface area contributed by atoms with Gasteiger partial charge < -0.3 is 38.9 Å². The van der Waals surface area contributed by atoms with Crippen LogP contribution in [0.15, 0.2) is 120 Å². The third kappa shape index (κ3) is 10.7. The Labute approximate surface area is 392 Å². The molecule has 8 rings (SSSR count). The summed E-state index contributed by atoms with van der Waals surface area (Å²) in [6.07, 6.45) is 14.7. The van der Waals surface area contributed by atoms with Crippen molar-refractivity contribution in [2.24, 2.45) is 22.9 Å². The number of aliphatic hydroxyl groups is 2. The summed E-state index contributed by atoms with van der Waals surface area (Å²) in [5, 5.41) is 38.6. The number of nitro groups is 1. The fourth-order valence-corrected chi connectivity index (χ4v) is 10.6. The summed E-state index contributed by atoms with van der Waals surface area (Å²) in [4.78, 5) is 33.9. The maximum absolute atomic E-state index is 14.8. The molecule has 67 heavy (non-hydrogen) atoms. The molecule has 2 heterocycles. The molecule has 2 N–H and O–H groups in total. The van der Waals surface area contributed by atoms with Crippen LogP contribution in [-0.4, -0.2) is 82.7 Å². The van der Waals surface area contributed by atoms with Crippen LogP contribution in [0.2, 0.25) is 0 Å². The smallest absolute Gasteiger partial charge is 0.269 e. The molecule has 13 nitrogen and oxygen atoms in total. The lowest BCUT2D eigenvalue weighted by Crippen LogP contribution is -2.70. The van der Waals surface area contributed by atoms with Gasteiger partial charge in [-0.25, -0.2) is 0 Å². The summed E-state index contributed by atoms with van der Waals surface area (Å²) < 4.78 is 27.2. The van der Waals surface area contributed by atoms with Gasteiger partial charge in [0.15, 0.2) is 0 Å². The second-order valence-electron chi connectivity index (χ2n) is 18.0. The topological polar surface area (TPSA) is 162 Å². The second kappa shape index (κ2) is 22.3. The Morgan fingerprint density at radius 3 is 2.46 bits per heavy atom. The lowest BCUT2D eigenvalue weighted by atomic mass is 9.55. The van der Waals surface area contributed by atoms with Crippen molar-refractivity contribution in [1.29, 1.82) is 0 Å². The maximum atomic E-state index is 14.8. The van der Waals surface area contributed by atoms with E-state index in [9.17, 15) is 25.1 Å².